The second-order valence-electron chi connectivity index (χ2n) is 8.20. The molecule has 2 aliphatic heterocycles. The van der Waals surface area contributed by atoms with E-state index in [-0.39, 0.29) is 0 Å². The predicted octanol–water partition coefficient (Wildman–Crippen LogP) is 1.10. The van der Waals surface area contributed by atoms with Crippen molar-refractivity contribution in [2.45, 2.75) is 52.6 Å². The molecule has 2 N–H and O–H groups in total. The van der Waals surface area contributed by atoms with Crippen LogP contribution in [0, 0.1) is 18.8 Å². The van der Waals surface area contributed by atoms with Gasteiger partial charge in [-0.15, -0.1) is 0 Å². The van der Waals surface area contributed by atoms with Crippen LogP contribution in [0.15, 0.2) is 24.3 Å². The van der Waals surface area contributed by atoms with E-state index in [4.69, 9.17) is 0 Å². The lowest BCUT2D eigenvalue weighted by Gasteiger charge is -2.39. The van der Waals surface area contributed by atoms with Gasteiger partial charge in [0.25, 0.3) is 0 Å². The van der Waals surface area contributed by atoms with Crippen molar-refractivity contribution in [3.63, 3.8) is 0 Å². The highest BCUT2D eigenvalue weighted by atomic mass is 15.2. The summed E-state index contributed by atoms with van der Waals surface area (Å²) in [6.07, 6.45) is 4.30. The molecule has 1 aromatic carbocycles. The van der Waals surface area contributed by atoms with Crippen molar-refractivity contribution in [3.05, 3.63) is 35.4 Å². The van der Waals surface area contributed by atoms with Gasteiger partial charge in [0.1, 0.15) is 6.54 Å². The molecule has 2 fully saturated rings. The number of hydrogen-bond donors (Lipinski definition) is 2. The molecule has 0 radical (unpaired) electrons. The first-order chi connectivity index (χ1) is 10.6. The van der Waals surface area contributed by atoms with Crippen molar-refractivity contribution in [3.8, 4) is 0 Å². The highest BCUT2D eigenvalue weighted by molar-refractivity contribution is 5.21. The van der Waals surface area contributed by atoms with E-state index in [1.54, 1.807) is 4.90 Å². The third-order valence-corrected chi connectivity index (χ3v) is 5.83. The van der Waals surface area contributed by atoms with Crippen LogP contribution in [-0.2, 0) is 6.54 Å². The van der Waals surface area contributed by atoms with Gasteiger partial charge in [0, 0.05) is 30.2 Å². The molecule has 2 saturated heterocycles. The summed E-state index contributed by atoms with van der Waals surface area (Å²) in [5.41, 5.74) is 2.91. The van der Waals surface area contributed by atoms with Crippen LogP contribution in [0.1, 0.15) is 44.2 Å². The molecule has 1 unspecified atom stereocenters. The van der Waals surface area contributed by atoms with E-state index in [0.29, 0.717) is 0 Å². The minimum absolute atomic E-state index is 0.927. The molecule has 0 amide bonds. The van der Waals surface area contributed by atoms with Crippen LogP contribution in [0.25, 0.3) is 0 Å². The van der Waals surface area contributed by atoms with Crippen LogP contribution in [0.2, 0.25) is 0 Å². The summed E-state index contributed by atoms with van der Waals surface area (Å²) in [5, 5.41) is 0. The summed E-state index contributed by atoms with van der Waals surface area (Å²) >= 11 is 0. The summed E-state index contributed by atoms with van der Waals surface area (Å²) in [4.78, 5) is 3.71. The summed E-state index contributed by atoms with van der Waals surface area (Å²) in [6.45, 7) is 13.9. The lowest BCUT2D eigenvalue weighted by Crippen LogP contribution is -3.21. The van der Waals surface area contributed by atoms with E-state index in [9.17, 15) is 0 Å². The van der Waals surface area contributed by atoms with E-state index in [0.717, 1.165) is 17.9 Å². The van der Waals surface area contributed by atoms with Gasteiger partial charge in [-0.05, 0) is 13.3 Å². The molecule has 2 heterocycles. The molecule has 0 saturated carbocycles. The molecule has 2 nitrogen and oxygen atoms in total. The monoisotopic (exact) mass is 302 g/mol. The third kappa shape index (κ3) is 4.11. The van der Waals surface area contributed by atoms with Crippen molar-refractivity contribution < 1.29 is 9.80 Å². The van der Waals surface area contributed by atoms with Crippen molar-refractivity contribution >= 4 is 0 Å². The summed E-state index contributed by atoms with van der Waals surface area (Å²) < 4.78 is 0. The maximum Gasteiger partial charge on any atom is 0.103 e. The Kier molecular flexibility index (Phi) is 5.20. The average Bonchev–Trinajstić information content (AvgIpc) is 2.47. The van der Waals surface area contributed by atoms with Gasteiger partial charge >= 0.3 is 0 Å². The zero-order chi connectivity index (χ0) is 15.5. The van der Waals surface area contributed by atoms with E-state index in [1.165, 1.54) is 63.1 Å². The highest BCUT2D eigenvalue weighted by Crippen LogP contribution is 2.13. The Morgan fingerprint density at radius 2 is 1.73 bits per heavy atom. The van der Waals surface area contributed by atoms with Crippen molar-refractivity contribution in [1.82, 2.24) is 0 Å². The minimum atomic E-state index is 0.927. The van der Waals surface area contributed by atoms with E-state index in [1.807, 2.05) is 4.90 Å². The standard InChI is InChI=1S/C20H32N2/c1-16-5-4-6-19(12-16)15-21-9-7-20(8-10-21)22-13-17(2)11-18(3)14-22/h4-6,12,17-18,20H,7-11,13-15H2,1-3H3/p+2/t17-,18+. The van der Waals surface area contributed by atoms with Gasteiger partial charge in [-0.2, -0.15) is 0 Å². The molecule has 22 heavy (non-hydrogen) atoms. The SMILES string of the molecule is Cc1cccc(C[NH+]2CCC([NH+]3C[C@H](C)C[C@H](C)C3)CC2)c1. The second-order valence-corrected chi connectivity index (χ2v) is 8.20. The number of hydrogen-bond acceptors (Lipinski definition) is 0. The lowest BCUT2D eigenvalue weighted by atomic mass is 9.89. The molecular formula is C20H34N2+2. The second kappa shape index (κ2) is 7.14. The van der Waals surface area contributed by atoms with Crippen molar-refractivity contribution in [1.29, 1.82) is 0 Å². The van der Waals surface area contributed by atoms with Gasteiger partial charge in [0.2, 0.25) is 0 Å². The van der Waals surface area contributed by atoms with E-state index >= 15 is 0 Å². The Labute approximate surface area is 136 Å². The number of benzene rings is 1. The third-order valence-electron chi connectivity index (χ3n) is 5.83. The van der Waals surface area contributed by atoms with Gasteiger partial charge in [-0.3, -0.25) is 0 Å². The number of likely N-dealkylation sites (tertiary alicyclic amines) is 2. The summed E-state index contributed by atoms with van der Waals surface area (Å²) in [6, 6.07) is 10.0. The largest absolute Gasteiger partial charge is 0.332 e. The molecule has 2 heteroatoms. The fourth-order valence-corrected chi connectivity index (χ4v) is 4.89. The summed E-state index contributed by atoms with van der Waals surface area (Å²) in [7, 11) is 0. The van der Waals surface area contributed by atoms with Crippen LogP contribution in [-0.4, -0.2) is 32.2 Å². The van der Waals surface area contributed by atoms with Crippen molar-refractivity contribution in [2.24, 2.45) is 11.8 Å². The first-order valence-corrected chi connectivity index (χ1v) is 9.34. The fourth-order valence-electron chi connectivity index (χ4n) is 4.89. The molecule has 0 aromatic heterocycles. The van der Waals surface area contributed by atoms with Gasteiger partial charge < -0.3 is 9.80 Å². The number of quaternary nitrogens is 2. The first-order valence-electron chi connectivity index (χ1n) is 9.34. The topological polar surface area (TPSA) is 8.88 Å². The van der Waals surface area contributed by atoms with E-state index in [2.05, 4.69) is 45.0 Å². The predicted molar refractivity (Wildman–Crippen MR) is 92.2 cm³/mol. The average molecular weight is 303 g/mol. The molecule has 0 spiro atoms. The number of rotatable bonds is 3. The first kappa shape index (κ1) is 16.0. The molecule has 0 bridgehead atoms. The maximum atomic E-state index is 2.45. The fraction of sp³-hybridized carbons (Fsp3) is 0.700. The van der Waals surface area contributed by atoms with E-state index < -0.39 is 0 Å². The molecule has 122 valence electrons. The van der Waals surface area contributed by atoms with Gasteiger partial charge in [0.15, 0.2) is 0 Å². The quantitative estimate of drug-likeness (QED) is 0.827. The highest BCUT2D eigenvalue weighted by Gasteiger charge is 2.34. The van der Waals surface area contributed by atoms with Crippen LogP contribution >= 0.6 is 0 Å². The molecule has 1 aromatic rings. The molecule has 2 aliphatic rings. The molecule has 3 rings (SSSR count). The Morgan fingerprint density at radius 3 is 2.36 bits per heavy atom. The maximum absolute atomic E-state index is 2.45. The van der Waals surface area contributed by atoms with Crippen LogP contribution in [0.3, 0.4) is 0 Å². The molecule has 0 aliphatic carbocycles. The van der Waals surface area contributed by atoms with Gasteiger partial charge in [0.05, 0.1) is 32.2 Å². The zero-order valence-corrected chi connectivity index (χ0v) is 14.7. The molecular weight excluding hydrogens is 268 g/mol. The number of nitrogens with one attached hydrogen (secondary N) is 2. The Balaban J connectivity index is 1.50. The van der Waals surface area contributed by atoms with Crippen LogP contribution < -0.4 is 9.80 Å². The normalized spacial score (nSPS) is 36.2. The number of piperidine rings is 2. The Hall–Kier alpha value is -0.860. The Morgan fingerprint density at radius 1 is 1.05 bits per heavy atom. The van der Waals surface area contributed by atoms with Crippen LogP contribution in [0.5, 0.6) is 0 Å². The van der Waals surface area contributed by atoms with Crippen LogP contribution in [0.4, 0.5) is 0 Å². The van der Waals surface area contributed by atoms with Gasteiger partial charge in [-0.1, -0.05) is 43.7 Å². The molecule has 3 atom stereocenters. The number of aryl methyl sites for hydroxylation is 1. The zero-order valence-electron chi connectivity index (χ0n) is 14.7. The summed E-state index contributed by atoms with van der Waals surface area (Å²) in [5.74, 6) is 1.85. The lowest BCUT2D eigenvalue weighted by molar-refractivity contribution is -0.969. The Bertz CT molecular complexity index is 466. The minimum Gasteiger partial charge on any atom is -0.332 e. The van der Waals surface area contributed by atoms with Crippen molar-refractivity contribution in [2.75, 3.05) is 26.2 Å². The van der Waals surface area contributed by atoms with Gasteiger partial charge in [-0.25, -0.2) is 0 Å². The smallest absolute Gasteiger partial charge is 0.103 e.